The molecule has 2 rings (SSSR count). The van der Waals surface area contributed by atoms with Gasteiger partial charge in [-0.2, -0.15) is 0 Å². The third-order valence-electron chi connectivity index (χ3n) is 6.05. The van der Waals surface area contributed by atoms with E-state index in [1.54, 1.807) is 0 Å². The molecule has 0 spiro atoms. The van der Waals surface area contributed by atoms with Crippen molar-refractivity contribution in [3.8, 4) is 0 Å². The molecular weight excluding hydrogens is 364 g/mol. The molecule has 2 aliphatic carbocycles. The van der Waals surface area contributed by atoms with Crippen molar-refractivity contribution in [1.82, 2.24) is 10.6 Å². The smallest absolute Gasteiger partial charge is 0.329 e. The van der Waals surface area contributed by atoms with Gasteiger partial charge in [-0.25, -0.2) is 9.59 Å². The third-order valence-corrected chi connectivity index (χ3v) is 6.05. The maximum Gasteiger partial charge on any atom is 0.329 e. The number of unbranched alkanes of at least 4 members (excludes halogenated alkanes) is 1. The summed E-state index contributed by atoms with van der Waals surface area (Å²) < 4.78 is 0. The summed E-state index contributed by atoms with van der Waals surface area (Å²) in [6, 6.07) is 0. The number of carboxylic acids is 2. The lowest BCUT2D eigenvalue weighted by Crippen LogP contribution is -2.55. The molecular formula is C20H32N2O6. The second kappa shape index (κ2) is 9.89. The van der Waals surface area contributed by atoms with Crippen molar-refractivity contribution in [3.63, 3.8) is 0 Å². The minimum Gasteiger partial charge on any atom is -0.480 e. The van der Waals surface area contributed by atoms with Crippen molar-refractivity contribution in [1.29, 1.82) is 0 Å². The molecule has 0 radical (unpaired) electrons. The van der Waals surface area contributed by atoms with Crippen LogP contribution in [0.4, 0.5) is 0 Å². The van der Waals surface area contributed by atoms with E-state index in [-0.39, 0.29) is 24.7 Å². The summed E-state index contributed by atoms with van der Waals surface area (Å²) in [4.78, 5) is 47.5. The van der Waals surface area contributed by atoms with Crippen LogP contribution in [0.2, 0.25) is 0 Å². The summed E-state index contributed by atoms with van der Waals surface area (Å²) in [6.45, 7) is 0. The van der Waals surface area contributed by atoms with Crippen LogP contribution in [0.1, 0.15) is 89.9 Å². The largest absolute Gasteiger partial charge is 0.480 e. The lowest BCUT2D eigenvalue weighted by atomic mass is 9.81. The van der Waals surface area contributed by atoms with Crippen LogP contribution in [0.3, 0.4) is 0 Å². The fraction of sp³-hybridized carbons (Fsp3) is 0.800. The molecule has 0 bridgehead atoms. The van der Waals surface area contributed by atoms with Gasteiger partial charge in [0.2, 0.25) is 11.8 Å². The average Bonchev–Trinajstić information content (AvgIpc) is 2.66. The number of carbonyl (C=O) groups excluding carboxylic acids is 2. The number of nitrogens with one attached hydrogen (secondary N) is 2. The standard InChI is InChI=1S/C20H32N2O6/c23-15(21-19(17(25)26)11-5-1-6-12-19)9-3-4-10-16(24)22-20(18(27)28)13-7-2-8-14-20/h1-14H2,(H,21,23)(H,22,24)(H,25,26)(H,27,28). The van der Waals surface area contributed by atoms with E-state index < -0.39 is 23.0 Å². The van der Waals surface area contributed by atoms with Gasteiger partial charge in [-0.15, -0.1) is 0 Å². The first-order valence-corrected chi connectivity index (χ1v) is 10.4. The normalized spacial score (nSPS) is 20.7. The van der Waals surface area contributed by atoms with E-state index in [1.807, 2.05) is 0 Å². The summed E-state index contributed by atoms with van der Waals surface area (Å²) in [5.74, 6) is -2.57. The molecule has 2 amide bonds. The average molecular weight is 396 g/mol. The van der Waals surface area contributed by atoms with E-state index in [9.17, 15) is 29.4 Å². The SMILES string of the molecule is O=C(CCCCC(=O)NC1(C(=O)O)CCCCC1)NC1(C(=O)O)CCCCC1. The van der Waals surface area contributed by atoms with Gasteiger partial charge in [0.25, 0.3) is 0 Å². The van der Waals surface area contributed by atoms with Gasteiger partial charge in [-0.3, -0.25) is 9.59 Å². The first-order chi connectivity index (χ1) is 13.3. The van der Waals surface area contributed by atoms with E-state index in [0.717, 1.165) is 38.5 Å². The van der Waals surface area contributed by atoms with Crippen molar-refractivity contribution in [2.45, 2.75) is 101 Å². The third kappa shape index (κ3) is 5.69. The van der Waals surface area contributed by atoms with E-state index >= 15 is 0 Å². The van der Waals surface area contributed by atoms with Gasteiger partial charge in [-0.05, 0) is 38.5 Å². The van der Waals surface area contributed by atoms with Crippen LogP contribution in [0.25, 0.3) is 0 Å². The molecule has 0 unspecified atom stereocenters. The summed E-state index contributed by atoms with van der Waals surface area (Å²) >= 11 is 0. The molecule has 2 fully saturated rings. The molecule has 8 nitrogen and oxygen atoms in total. The molecule has 8 heteroatoms. The van der Waals surface area contributed by atoms with E-state index in [0.29, 0.717) is 38.5 Å². The van der Waals surface area contributed by atoms with E-state index in [2.05, 4.69) is 10.6 Å². The number of carboxylic acid groups (broad SMARTS) is 2. The number of carbonyl (C=O) groups is 4. The quantitative estimate of drug-likeness (QED) is 0.442. The summed E-state index contributed by atoms with van der Waals surface area (Å²) in [5, 5.41) is 24.4. The Morgan fingerprint density at radius 3 is 1.21 bits per heavy atom. The van der Waals surface area contributed by atoms with Gasteiger partial charge < -0.3 is 20.8 Å². The Bertz CT molecular complexity index is 540. The van der Waals surface area contributed by atoms with Gasteiger partial charge >= 0.3 is 11.9 Å². The highest BCUT2D eigenvalue weighted by Crippen LogP contribution is 2.29. The second-order valence-electron chi connectivity index (χ2n) is 8.20. The fourth-order valence-electron chi connectivity index (χ4n) is 4.33. The Balaban J connectivity index is 1.72. The van der Waals surface area contributed by atoms with Crippen LogP contribution in [0.5, 0.6) is 0 Å². The van der Waals surface area contributed by atoms with Gasteiger partial charge in [0.15, 0.2) is 0 Å². The Hall–Kier alpha value is -2.12. The predicted molar refractivity (Wildman–Crippen MR) is 102 cm³/mol. The number of aliphatic carboxylic acids is 2. The molecule has 158 valence electrons. The molecule has 0 aromatic heterocycles. The highest BCUT2D eigenvalue weighted by molar-refractivity contribution is 5.88. The second-order valence-corrected chi connectivity index (χ2v) is 8.20. The minimum atomic E-state index is -1.15. The zero-order chi connectivity index (χ0) is 20.6. The van der Waals surface area contributed by atoms with Crippen LogP contribution in [0, 0.1) is 0 Å². The molecule has 0 aliphatic heterocycles. The van der Waals surface area contributed by atoms with E-state index in [4.69, 9.17) is 0 Å². The van der Waals surface area contributed by atoms with Crippen molar-refractivity contribution in [2.75, 3.05) is 0 Å². The van der Waals surface area contributed by atoms with Crippen LogP contribution in [-0.2, 0) is 19.2 Å². The molecule has 0 saturated heterocycles. The summed E-state index contributed by atoms with van der Waals surface area (Å²) in [5.41, 5.74) is -2.30. The van der Waals surface area contributed by atoms with Crippen molar-refractivity contribution in [3.05, 3.63) is 0 Å². The zero-order valence-electron chi connectivity index (χ0n) is 16.4. The van der Waals surface area contributed by atoms with Crippen LogP contribution in [0.15, 0.2) is 0 Å². The highest BCUT2D eigenvalue weighted by Gasteiger charge is 2.41. The summed E-state index contributed by atoms with van der Waals surface area (Å²) in [6.07, 6.45) is 8.16. The molecule has 0 heterocycles. The van der Waals surface area contributed by atoms with Gasteiger partial charge in [0.05, 0.1) is 0 Å². The first kappa shape index (κ1) is 22.2. The summed E-state index contributed by atoms with van der Waals surface area (Å²) in [7, 11) is 0. The molecule has 28 heavy (non-hydrogen) atoms. The van der Waals surface area contributed by atoms with Crippen LogP contribution in [-0.4, -0.2) is 45.0 Å². The number of amides is 2. The molecule has 0 aromatic carbocycles. The lowest BCUT2D eigenvalue weighted by molar-refractivity contribution is -0.149. The highest BCUT2D eigenvalue weighted by atomic mass is 16.4. The maximum atomic E-state index is 12.2. The molecule has 4 N–H and O–H groups in total. The van der Waals surface area contributed by atoms with Crippen molar-refractivity contribution >= 4 is 23.8 Å². The number of hydrogen-bond donors (Lipinski definition) is 4. The van der Waals surface area contributed by atoms with Crippen molar-refractivity contribution < 1.29 is 29.4 Å². The molecule has 0 atom stereocenters. The minimum absolute atomic E-state index is 0.159. The van der Waals surface area contributed by atoms with Crippen molar-refractivity contribution in [2.24, 2.45) is 0 Å². The Morgan fingerprint density at radius 2 is 0.929 bits per heavy atom. The number of rotatable bonds is 9. The van der Waals surface area contributed by atoms with Crippen LogP contribution < -0.4 is 10.6 Å². The van der Waals surface area contributed by atoms with Gasteiger partial charge in [0.1, 0.15) is 11.1 Å². The molecule has 0 aromatic rings. The molecule has 2 saturated carbocycles. The van der Waals surface area contributed by atoms with Gasteiger partial charge in [0, 0.05) is 12.8 Å². The lowest BCUT2D eigenvalue weighted by Gasteiger charge is -2.34. The maximum absolute atomic E-state index is 12.2. The molecule has 2 aliphatic rings. The van der Waals surface area contributed by atoms with Gasteiger partial charge in [-0.1, -0.05) is 38.5 Å². The van der Waals surface area contributed by atoms with E-state index in [1.165, 1.54) is 0 Å². The zero-order valence-corrected chi connectivity index (χ0v) is 16.4. The monoisotopic (exact) mass is 396 g/mol. The number of hydrogen-bond acceptors (Lipinski definition) is 4. The Labute approximate surface area is 165 Å². The fourth-order valence-corrected chi connectivity index (χ4v) is 4.33. The first-order valence-electron chi connectivity index (χ1n) is 10.4. The van der Waals surface area contributed by atoms with Crippen LogP contribution >= 0.6 is 0 Å². The topological polar surface area (TPSA) is 133 Å². The predicted octanol–water partition coefficient (Wildman–Crippen LogP) is 2.35. The Morgan fingerprint density at radius 1 is 0.607 bits per heavy atom. The Kier molecular flexibility index (Phi) is 7.83.